The number of nitrogens with two attached hydrogens (primary N) is 1. The Morgan fingerprint density at radius 1 is 0.647 bits per heavy atom. The summed E-state index contributed by atoms with van der Waals surface area (Å²) in [5, 5.41) is 17.1. The van der Waals surface area contributed by atoms with E-state index in [9.17, 15) is 10.1 Å². The number of aryl methyl sites for hydroxylation is 2. The quantitative estimate of drug-likeness (QED) is 0.161. The molecular formula is C28H32N4O2. The highest BCUT2D eigenvalue weighted by atomic mass is 16.6. The van der Waals surface area contributed by atoms with Crippen LogP contribution in [0.15, 0.2) is 97.1 Å². The lowest BCUT2D eigenvalue weighted by Gasteiger charge is -2.07. The Labute approximate surface area is 201 Å². The van der Waals surface area contributed by atoms with Crippen molar-refractivity contribution in [2.24, 2.45) is 0 Å². The van der Waals surface area contributed by atoms with Crippen molar-refractivity contribution in [3.05, 3.63) is 118 Å². The lowest BCUT2D eigenvalue weighted by Crippen LogP contribution is -1.93. The molecule has 4 aromatic rings. The van der Waals surface area contributed by atoms with E-state index in [0.29, 0.717) is 5.69 Å². The number of non-ortho nitro benzene ring substituents is 1. The van der Waals surface area contributed by atoms with Gasteiger partial charge in [-0.25, -0.2) is 0 Å². The summed E-state index contributed by atoms with van der Waals surface area (Å²) in [5.41, 5.74) is 12.7. The van der Waals surface area contributed by atoms with Crippen LogP contribution in [0.25, 0.3) is 0 Å². The first-order valence-electron chi connectivity index (χ1n) is 11.2. The third kappa shape index (κ3) is 8.67. The molecule has 0 aliphatic heterocycles. The van der Waals surface area contributed by atoms with Crippen LogP contribution in [0.5, 0.6) is 0 Å². The highest BCUT2D eigenvalue weighted by Crippen LogP contribution is 2.22. The summed E-state index contributed by atoms with van der Waals surface area (Å²) in [7, 11) is 0. The van der Waals surface area contributed by atoms with Crippen molar-refractivity contribution in [3.63, 3.8) is 0 Å². The summed E-state index contributed by atoms with van der Waals surface area (Å²) in [6.07, 6.45) is 0. The topological polar surface area (TPSA) is 93.2 Å². The van der Waals surface area contributed by atoms with Crippen LogP contribution in [0.2, 0.25) is 0 Å². The standard InChI is InChI=1S/C13H12N2O2.C13H14N2.C2H6/c1-10-4-2-5-11(8-10)14-12-6-3-7-13(9-12)15(16)17;1-10-4-2-6-12(8-10)15-13-7-3-5-11(14)9-13;1-2/h2-9,14H,1H3;2-9,15H,14H2,1H3;1-2H3. The molecule has 0 atom stereocenters. The molecule has 4 aromatic carbocycles. The number of nitrogens with one attached hydrogen (secondary N) is 2. The molecule has 0 radical (unpaired) electrons. The fourth-order valence-electron chi connectivity index (χ4n) is 3.09. The molecule has 0 aliphatic carbocycles. The molecule has 0 bridgehead atoms. The van der Waals surface area contributed by atoms with Crippen molar-refractivity contribution in [2.45, 2.75) is 27.7 Å². The van der Waals surface area contributed by atoms with Crippen molar-refractivity contribution < 1.29 is 4.92 Å². The second-order valence-electron chi connectivity index (χ2n) is 7.42. The van der Waals surface area contributed by atoms with E-state index in [1.165, 1.54) is 17.7 Å². The Bertz CT molecular complexity index is 1160. The first-order valence-corrected chi connectivity index (χ1v) is 11.2. The summed E-state index contributed by atoms with van der Waals surface area (Å²) >= 11 is 0. The van der Waals surface area contributed by atoms with Gasteiger partial charge in [-0.1, -0.05) is 50.2 Å². The van der Waals surface area contributed by atoms with Crippen LogP contribution in [0.3, 0.4) is 0 Å². The van der Waals surface area contributed by atoms with Crippen LogP contribution in [0, 0.1) is 24.0 Å². The van der Waals surface area contributed by atoms with Crippen LogP contribution in [-0.4, -0.2) is 4.92 Å². The molecule has 176 valence electrons. The molecule has 6 nitrogen and oxygen atoms in total. The van der Waals surface area contributed by atoms with Gasteiger partial charge in [0.1, 0.15) is 0 Å². The van der Waals surface area contributed by atoms with Gasteiger partial charge in [0.05, 0.1) is 4.92 Å². The summed E-state index contributed by atoms with van der Waals surface area (Å²) < 4.78 is 0. The maximum Gasteiger partial charge on any atom is 0.271 e. The zero-order chi connectivity index (χ0) is 24.9. The summed E-state index contributed by atoms with van der Waals surface area (Å²) in [6, 6.07) is 30.3. The molecule has 0 spiro atoms. The highest BCUT2D eigenvalue weighted by molar-refractivity contribution is 5.64. The fourth-order valence-corrected chi connectivity index (χ4v) is 3.09. The summed E-state index contributed by atoms with van der Waals surface area (Å²) in [6.45, 7) is 8.07. The number of nitrogens with zero attached hydrogens (tertiary/aromatic N) is 1. The third-order valence-corrected chi connectivity index (χ3v) is 4.56. The molecule has 0 heterocycles. The van der Waals surface area contributed by atoms with Crippen LogP contribution < -0.4 is 16.4 Å². The molecular weight excluding hydrogens is 424 g/mol. The number of anilines is 5. The zero-order valence-electron chi connectivity index (χ0n) is 20.1. The summed E-state index contributed by atoms with van der Waals surface area (Å²) in [4.78, 5) is 10.2. The minimum Gasteiger partial charge on any atom is -0.399 e. The van der Waals surface area contributed by atoms with Gasteiger partial charge in [-0.05, 0) is 73.5 Å². The van der Waals surface area contributed by atoms with E-state index >= 15 is 0 Å². The van der Waals surface area contributed by atoms with Gasteiger partial charge in [-0.2, -0.15) is 0 Å². The molecule has 4 N–H and O–H groups in total. The molecule has 34 heavy (non-hydrogen) atoms. The summed E-state index contributed by atoms with van der Waals surface area (Å²) in [5.74, 6) is 0. The Morgan fingerprint density at radius 3 is 1.50 bits per heavy atom. The number of nitrogen functional groups attached to an aromatic ring is 1. The van der Waals surface area contributed by atoms with Crippen LogP contribution in [-0.2, 0) is 0 Å². The van der Waals surface area contributed by atoms with E-state index in [4.69, 9.17) is 5.73 Å². The number of hydrogen-bond acceptors (Lipinski definition) is 5. The Balaban J connectivity index is 0.000000225. The second-order valence-corrected chi connectivity index (χ2v) is 7.42. The average molecular weight is 457 g/mol. The third-order valence-electron chi connectivity index (χ3n) is 4.56. The van der Waals surface area contributed by atoms with Gasteiger partial charge >= 0.3 is 0 Å². The van der Waals surface area contributed by atoms with Crippen LogP contribution in [0.4, 0.5) is 34.1 Å². The maximum absolute atomic E-state index is 10.6. The normalized spacial score (nSPS) is 9.53. The van der Waals surface area contributed by atoms with Gasteiger partial charge in [0.2, 0.25) is 0 Å². The largest absolute Gasteiger partial charge is 0.399 e. The van der Waals surface area contributed by atoms with Gasteiger partial charge in [-0.3, -0.25) is 10.1 Å². The minimum atomic E-state index is -0.401. The number of benzene rings is 4. The van der Waals surface area contributed by atoms with Gasteiger partial charge in [0.15, 0.2) is 0 Å². The van der Waals surface area contributed by atoms with Crippen molar-refractivity contribution in [1.29, 1.82) is 0 Å². The number of nitro groups is 1. The molecule has 0 fully saturated rings. The first kappa shape index (κ1) is 25.9. The van der Waals surface area contributed by atoms with E-state index in [1.54, 1.807) is 12.1 Å². The molecule has 6 heteroatoms. The SMILES string of the molecule is CC.Cc1cccc(Nc2cccc(N)c2)c1.Cc1cccc(Nc2cccc([N+](=O)[O-])c2)c1. The molecule has 0 aromatic heterocycles. The Morgan fingerprint density at radius 2 is 1.06 bits per heavy atom. The van der Waals surface area contributed by atoms with Gasteiger partial charge < -0.3 is 16.4 Å². The smallest absolute Gasteiger partial charge is 0.271 e. The molecule has 0 aliphatic rings. The molecule has 0 unspecified atom stereocenters. The average Bonchev–Trinajstić information content (AvgIpc) is 2.81. The highest BCUT2D eigenvalue weighted by Gasteiger charge is 2.05. The molecule has 0 saturated carbocycles. The molecule has 0 amide bonds. The lowest BCUT2D eigenvalue weighted by atomic mass is 10.2. The number of nitro benzene ring substituents is 1. The molecule has 4 rings (SSSR count). The fraction of sp³-hybridized carbons (Fsp3) is 0.143. The van der Waals surface area contributed by atoms with Crippen molar-refractivity contribution in [2.75, 3.05) is 16.4 Å². The maximum atomic E-state index is 10.6. The second kappa shape index (κ2) is 13.3. The Kier molecular flexibility index (Phi) is 10.1. The van der Waals surface area contributed by atoms with E-state index in [1.807, 2.05) is 81.4 Å². The predicted molar refractivity (Wildman–Crippen MR) is 144 cm³/mol. The van der Waals surface area contributed by atoms with E-state index < -0.39 is 4.92 Å². The van der Waals surface area contributed by atoms with E-state index in [2.05, 4.69) is 29.7 Å². The first-order chi connectivity index (χ1) is 16.4. The minimum absolute atomic E-state index is 0.0858. The van der Waals surface area contributed by atoms with Gasteiger partial charge in [0, 0.05) is 40.6 Å². The monoisotopic (exact) mass is 456 g/mol. The van der Waals surface area contributed by atoms with Crippen molar-refractivity contribution >= 4 is 34.1 Å². The zero-order valence-corrected chi connectivity index (χ0v) is 20.1. The van der Waals surface area contributed by atoms with Crippen molar-refractivity contribution in [1.82, 2.24) is 0 Å². The van der Waals surface area contributed by atoms with E-state index in [-0.39, 0.29) is 5.69 Å². The predicted octanol–water partition coefficient (Wildman–Crippen LogP) is 7.99. The van der Waals surface area contributed by atoms with Gasteiger partial charge in [0.25, 0.3) is 5.69 Å². The molecule has 0 saturated heterocycles. The van der Waals surface area contributed by atoms with Gasteiger partial charge in [-0.15, -0.1) is 0 Å². The number of hydrogen-bond donors (Lipinski definition) is 3. The lowest BCUT2D eigenvalue weighted by molar-refractivity contribution is -0.384. The van der Waals surface area contributed by atoms with Crippen molar-refractivity contribution in [3.8, 4) is 0 Å². The number of rotatable bonds is 5. The Hall–Kier alpha value is -4.32. The van der Waals surface area contributed by atoms with Crippen LogP contribution >= 0.6 is 0 Å². The van der Waals surface area contributed by atoms with E-state index in [0.717, 1.165) is 28.3 Å². The van der Waals surface area contributed by atoms with Crippen LogP contribution in [0.1, 0.15) is 25.0 Å².